The van der Waals surface area contributed by atoms with E-state index in [1.54, 1.807) is 0 Å². The summed E-state index contributed by atoms with van der Waals surface area (Å²) in [4.78, 5) is -0.164. The molecule has 9 heteroatoms. The van der Waals surface area contributed by atoms with Crippen LogP contribution in [0.2, 0.25) is 10.0 Å². The average molecular weight is 354 g/mol. The fraction of sp³-hybridized carbons (Fsp3) is 0.167. The number of aryl methyl sites for hydroxylation is 1. The Balaban J connectivity index is 2.44. The van der Waals surface area contributed by atoms with Gasteiger partial charge < -0.3 is 9.52 Å². The molecule has 0 saturated heterocycles. The van der Waals surface area contributed by atoms with Crippen LogP contribution < -0.4 is 4.72 Å². The van der Waals surface area contributed by atoms with Crippen molar-refractivity contribution in [2.24, 2.45) is 0 Å². The SMILES string of the molecule is Cc1oc(CO)cc1S(=O)(=O)Nc1c(Cl)cc(F)cc1Cl. The van der Waals surface area contributed by atoms with Crippen LogP contribution in [0.15, 0.2) is 27.5 Å². The highest BCUT2D eigenvalue weighted by Gasteiger charge is 2.23. The van der Waals surface area contributed by atoms with Gasteiger partial charge in [-0.2, -0.15) is 0 Å². The standard InChI is InChI=1S/C12H10Cl2FNO4S/c1-6-11(4-8(5-17)20-6)21(18,19)16-12-9(13)2-7(15)3-10(12)14/h2-4,16-17H,5H2,1H3. The van der Waals surface area contributed by atoms with Gasteiger partial charge in [0.2, 0.25) is 0 Å². The molecular formula is C12H10Cl2FNO4S. The first-order valence-electron chi connectivity index (χ1n) is 5.62. The van der Waals surface area contributed by atoms with Gasteiger partial charge in [-0.3, -0.25) is 4.72 Å². The highest BCUT2D eigenvalue weighted by atomic mass is 35.5. The molecule has 5 nitrogen and oxygen atoms in total. The van der Waals surface area contributed by atoms with Crippen molar-refractivity contribution in [1.29, 1.82) is 0 Å². The Labute approximate surface area is 130 Å². The number of hydrogen-bond acceptors (Lipinski definition) is 4. The molecule has 2 N–H and O–H groups in total. The van der Waals surface area contributed by atoms with Crippen molar-refractivity contribution in [3.05, 3.63) is 45.6 Å². The van der Waals surface area contributed by atoms with Gasteiger partial charge in [-0.1, -0.05) is 23.2 Å². The molecule has 0 aliphatic rings. The van der Waals surface area contributed by atoms with Crippen LogP contribution in [0.25, 0.3) is 0 Å². The van der Waals surface area contributed by atoms with Crippen LogP contribution in [0, 0.1) is 12.7 Å². The van der Waals surface area contributed by atoms with E-state index in [9.17, 15) is 12.8 Å². The van der Waals surface area contributed by atoms with Crippen LogP contribution in [-0.4, -0.2) is 13.5 Å². The predicted molar refractivity (Wildman–Crippen MR) is 76.6 cm³/mol. The number of rotatable bonds is 4. The van der Waals surface area contributed by atoms with Crippen LogP contribution in [0.1, 0.15) is 11.5 Å². The lowest BCUT2D eigenvalue weighted by Crippen LogP contribution is -2.14. The second kappa shape index (κ2) is 5.84. The highest BCUT2D eigenvalue weighted by molar-refractivity contribution is 7.92. The minimum atomic E-state index is -4.04. The first-order valence-corrected chi connectivity index (χ1v) is 7.86. The number of furan rings is 1. The van der Waals surface area contributed by atoms with Gasteiger partial charge in [-0.15, -0.1) is 0 Å². The molecule has 0 atom stereocenters. The van der Waals surface area contributed by atoms with Gasteiger partial charge in [0, 0.05) is 6.07 Å². The van der Waals surface area contributed by atoms with Crippen molar-refractivity contribution < 1.29 is 22.3 Å². The molecule has 0 saturated carbocycles. The van der Waals surface area contributed by atoms with Crippen molar-refractivity contribution in [2.75, 3.05) is 4.72 Å². The van der Waals surface area contributed by atoms with Gasteiger partial charge in [0.05, 0.1) is 15.7 Å². The summed E-state index contributed by atoms with van der Waals surface area (Å²) in [6.45, 7) is 0.996. The normalized spacial score (nSPS) is 11.7. The van der Waals surface area contributed by atoms with Gasteiger partial charge in [0.15, 0.2) is 0 Å². The Hall–Kier alpha value is -1.28. The first-order chi connectivity index (χ1) is 9.74. The lowest BCUT2D eigenvalue weighted by atomic mass is 10.3. The van der Waals surface area contributed by atoms with Crippen molar-refractivity contribution in [3.8, 4) is 0 Å². The van der Waals surface area contributed by atoms with E-state index >= 15 is 0 Å². The van der Waals surface area contributed by atoms with Gasteiger partial charge in [-0.05, 0) is 19.1 Å². The quantitative estimate of drug-likeness (QED) is 0.883. The summed E-state index contributed by atoms with van der Waals surface area (Å²) in [5.41, 5.74) is -0.133. The zero-order valence-electron chi connectivity index (χ0n) is 10.7. The third kappa shape index (κ3) is 3.32. The molecule has 0 spiro atoms. The van der Waals surface area contributed by atoms with E-state index < -0.39 is 22.4 Å². The molecule has 21 heavy (non-hydrogen) atoms. The summed E-state index contributed by atoms with van der Waals surface area (Å²) >= 11 is 11.6. The highest BCUT2D eigenvalue weighted by Crippen LogP contribution is 2.34. The van der Waals surface area contributed by atoms with Crippen LogP contribution in [0.3, 0.4) is 0 Å². The molecule has 1 heterocycles. The van der Waals surface area contributed by atoms with Crippen molar-refractivity contribution >= 4 is 38.9 Å². The predicted octanol–water partition coefficient (Wildman–Crippen LogP) is 3.33. The first kappa shape index (κ1) is 16.1. The number of aliphatic hydroxyl groups is 1. The lowest BCUT2D eigenvalue weighted by molar-refractivity contribution is 0.245. The Morgan fingerprint density at radius 3 is 2.33 bits per heavy atom. The maximum absolute atomic E-state index is 13.1. The average Bonchev–Trinajstić information content (AvgIpc) is 2.76. The van der Waals surface area contributed by atoms with Crippen LogP contribution in [-0.2, 0) is 16.6 Å². The number of anilines is 1. The van der Waals surface area contributed by atoms with Gasteiger partial charge >= 0.3 is 0 Å². The molecule has 0 aliphatic heterocycles. The summed E-state index contributed by atoms with van der Waals surface area (Å²) in [6, 6.07) is 3.06. The van der Waals surface area contributed by atoms with E-state index in [-0.39, 0.29) is 32.1 Å². The topological polar surface area (TPSA) is 79.5 Å². The summed E-state index contributed by atoms with van der Waals surface area (Å²) in [5.74, 6) is -0.486. The number of sulfonamides is 1. The monoisotopic (exact) mass is 353 g/mol. The second-order valence-electron chi connectivity index (χ2n) is 4.14. The minimum Gasteiger partial charge on any atom is -0.462 e. The molecule has 0 radical (unpaired) electrons. The molecule has 0 amide bonds. The van der Waals surface area contributed by atoms with E-state index in [0.717, 1.165) is 12.1 Å². The van der Waals surface area contributed by atoms with Gasteiger partial charge in [-0.25, -0.2) is 12.8 Å². The van der Waals surface area contributed by atoms with E-state index in [2.05, 4.69) is 4.72 Å². The maximum atomic E-state index is 13.1. The fourth-order valence-corrected chi connectivity index (χ4v) is 3.67. The van der Waals surface area contributed by atoms with Crippen molar-refractivity contribution in [1.82, 2.24) is 0 Å². The molecule has 114 valence electrons. The smallest absolute Gasteiger partial charge is 0.265 e. The van der Waals surface area contributed by atoms with E-state index in [4.69, 9.17) is 32.7 Å². The molecule has 1 aromatic carbocycles. The Morgan fingerprint density at radius 2 is 1.86 bits per heavy atom. The van der Waals surface area contributed by atoms with Crippen molar-refractivity contribution in [3.63, 3.8) is 0 Å². The lowest BCUT2D eigenvalue weighted by Gasteiger charge is -2.10. The molecule has 0 aliphatic carbocycles. The number of benzene rings is 1. The molecule has 2 rings (SSSR count). The summed E-state index contributed by atoms with van der Waals surface area (Å²) in [7, 11) is -4.04. The molecule has 1 aromatic heterocycles. The zero-order valence-corrected chi connectivity index (χ0v) is 13.0. The second-order valence-corrected chi connectivity index (χ2v) is 6.61. The number of hydrogen-bond donors (Lipinski definition) is 2. The Morgan fingerprint density at radius 1 is 1.29 bits per heavy atom. The third-order valence-electron chi connectivity index (χ3n) is 2.61. The molecule has 2 aromatic rings. The van der Waals surface area contributed by atoms with Crippen molar-refractivity contribution in [2.45, 2.75) is 18.4 Å². The third-order valence-corrected chi connectivity index (χ3v) is 4.67. The number of aliphatic hydroxyl groups excluding tert-OH is 1. The van der Waals surface area contributed by atoms with E-state index in [1.165, 1.54) is 13.0 Å². The fourth-order valence-electron chi connectivity index (χ4n) is 1.70. The molecule has 0 unspecified atom stereocenters. The van der Waals surface area contributed by atoms with Gasteiger partial charge in [0.25, 0.3) is 10.0 Å². The Kier molecular flexibility index (Phi) is 4.48. The number of nitrogens with one attached hydrogen (secondary N) is 1. The molecular weight excluding hydrogens is 344 g/mol. The van der Waals surface area contributed by atoms with Gasteiger partial charge in [0.1, 0.15) is 28.8 Å². The molecule has 0 fully saturated rings. The maximum Gasteiger partial charge on any atom is 0.265 e. The molecule has 0 bridgehead atoms. The van der Waals surface area contributed by atoms with E-state index in [0.29, 0.717) is 0 Å². The number of halogens is 3. The zero-order chi connectivity index (χ0) is 15.8. The minimum absolute atomic E-state index is 0.0981. The summed E-state index contributed by atoms with van der Waals surface area (Å²) in [6.07, 6.45) is 0. The summed E-state index contributed by atoms with van der Waals surface area (Å²) < 4.78 is 44.9. The summed E-state index contributed by atoms with van der Waals surface area (Å²) in [5, 5.41) is 8.61. The Bertz CT molecular complexity index is 766. The van der Waals surface area contributed by atoms with Crippen LogP contribution in [0.4, 0.5) is 10.1 Å². The van der Waals surface area contributed by atoms with E-state index in [1.807, 2.05) is 0 Å². The van der Waals surface area contributed by atoms with Crippen LogP contribution in [0.5, 0.6) is 0 Å². The largest absolute Gasteiger partial charge is 0.462 e. The van der Waals surface area contributed by atoms with Crippen LogP contribution >= 0.6 is 23.2 Å².